The number of esters is 1. The molecule has 0 spiro atoms. The van der Waals surface area contributed by atoms with E-state index in [9.17, 15) is 4.79 Å². The molecular weight excluding hydrogens is 358 g/mol. The Kier molecular flexibility index (Phi) is 7.19. The number of hydrogen-bond acceptors (Lipinski definition) is 3. The fourth-order valence-electron chi connectivity index (χ4n) is 3.18. The maximum absolute atomic E-state index is 12.4. The van der Waals surface area contributed by atoms with Crippen LogP contribution in [0.3, 0.4) is 0 Å². The Morgan fingerprint density at radius 2 is 1.45 bits per heavy atom. The van der Waals surface area contributed by atoms with Gasteiger partial charge in [-0.05, 0) is 65.9 Å². The highest BCUT2D eigenvalue weighted by molar-refractivity contribution is 5.91. The van der Waals surface area contributed by atoms with E-state index in [4.69, 9.17) is 10.00 Å². The van der Waals surface area contributed by atoms with Crippen LogP contribution in [-0.2, 0) is 6.42 Å². The average Bonchev–Trinajstić information content (AvgIpc) is 2.78. The van der Waals surface area contributed by atoms with Crippen LogP contribution in [0.15, 0.2) is 72.8 Å². The summed E-state index contributed by atoms with van der Waals surface area (Å²) in [5.41, 5.74) is 4.45. The first kappa shape index (κ1) is 20.4. The van der Waals surface area contributed by atoms with E-state index in [0.717, 1.165) is 17.5 Å². The minimum absolute atomic E-state index is 0.353. The van der Waals surface area contributed by atoms with Crippen LogP contribution in [0.5, 0.6) is 5.75 Å². The zero-order valence-corrected chi connectivity index (χ0v) is 16.7. The summed E-state index contributed by atoms with van der Waals surface area (Å²) in [6.07, 6.45) is 5.99. The number of ether oxygens (including phenoxy) is 1. The number of nitrogens with zero attached hydrogens (tertiary/aromatic N) is 1. The lowest BCUT2D eigenvalue weighted by Crippen LogP contribution is -2.08. The van der Waals surface area contributed by atoms with Crippen molar-refractivity contribution in [3.05, 3.63) is 89.5 Å². The van der Waals surface area contributed by atoms with Crippen molar-refractivity contribution >= 4 is 5.97 Å². The van der Waals surface area contributed by atoms with Gasteiger partial charge in [0.1, 0.15) is 5.75 Å². The molecule has 0 heterocycles. The van der Waals surface area contributed by atoms with Crippen molar-refractivity contribution in [2.45, 2.75) is 39.0 Å². The van der Waals surface area contributed by atoms with Crippen LogP contribution in [0, 0.1) is 11.3 Å². The molecule has 3 aromatic carbocycles. The molecule has 0 fully saturated rings. The van der Waals surface area contributed by atoms with E-state index >= 15 is 0 Å². The number of unbranched alkanes of at least 4 members (excludes halogenated alkanes) is 3. The Balaban J connectivity index is 1.58. The van der Waals surface area contributed by atoms with Gasteiger partial charge in [-0.1, -0.05) is 62.6 Å². The van der Waals surface area contributed by atoms with Crippen molar-refractivity contribution in [1.82, 2.24) is 0 Å². The van der Waals surface area contributed by atoms with Crippen molar-refractivity contribution in [2.24, 2.45) is 0 Å². The van der Waals surface area contributed by atoms with Crippen molar-refractivity contribution in [1.29, 1.82) is 5.26 Å². The van der Waals surface area contributed by atoms with E-state index in [1.54, 1.807) is 24.3 Å². The molecule has 3 nitrogen and oxygen atoms in total. The van der Waals surface area contributed by atoms with Gasteiger partial charge in [-0.15, -0.1) is 0 Å². The lowest BCUT2D eigenvalue weighted by molar-refractivity contribution is 0.0735. The van der Waals surface area contributed by atoms with Gasteiger partial charge in [0.15, 0.2) is 0 Å². The Hall–Kier alpha value is -3.38. The minimum atomic E-state index is -0.353. The Labute approximate surface area is 172 Å². The molecular formula is C26H25NO2. The molecule has 3 aromatic rings. The zero-order valence-electron chi connectivity index (χ0n) is 16.7. The van der Waals surface area contributed by atoms with E-state index in [1.165, 1.54) is 31.2 Å². The van der Waals surface area contributed by atoms with Crippen molar-refractivity contribution in [3.63, 3.8) is 0 Å². The van der Waals surface area contributed by atoms with Crippen molar-refractivity contribution in [3.8, 4) is 22.9 Å². The molecule has 0 aromatic heterocycles. The summed E-state index contributed by atoms with van der Waals surface area (Å²) in [6.45, 7) is 2.21. The summed E-state index contributed by atoms with van der Waals surface area (Å²) >= 11 is 0. The molecule has 3 rings (SSSR count). The average molecular weight is 383 g/mol. The second-order valence-electron chi connectivity index (χ2n) is 7.11. The number of rotatable bonds is 8. The van der Waals surface area contributed by atoms with E-state index in [0.29, 0.717) is 16.9 Å². The highest BCUT2D eigenvalue weighted by Gasteiger charge is 2.09. The highest BCUT2D eigenvalue weighted by atomic mass is 16.5. The first-order valence-corrected chi connectivity index (χ1v) is 10.1. The third-order valence-electron chi connectivity index (χ3n) is 4.92. The molecule has 3 heteroatoms. The normalized spacial score (nSPS) is 10.3. The molecule has 0 amide bonds. The topological polar surface area (TPSA) is 50.1 Å². The number of benzene rings is 3. The van der Waals surface area contributed by atoms with Crippen molar-refractivity contribution in [2.75, 3.05) is 0 Å². The second kappa shape index (κ2) is 10.2. The van der Waals surface area contributed by atoms with Crippen LogP contribution in [0.25, 0.3) is 11.1 Å². The van der Waals surface area contributed by atoms with Crippen LogP contribution in [0.2, 0.25) is 0 Å². The van der Waals surface area contributed by atoms with Crippen LogP contribution in [0.1, 0.15) is 54.1 Å². The first-order valence-electron chi connectivity index (χ1n) is 10.1. The van der Waals surface area contributed by atoms with E-state index in [-0.39, 0.29) is 5.97 Å². The Morgan fingerprint density at radius 1 is 0.828 bits per heavy atom. The monoisotopic (exact) mass is 383 g/mol. The zero-order chi connectivity index (χ0) is 20.5. The molecule has 29 heavy (non-hydrogen) atoms. The lowest BCUT2D eigenvalue weighted by atomic mass is 10.0. The third kappa shape index (κ3) is 5.80. The Bertz CT molecular complexity index is 965. The largest absolute Gasteiger partial charge is 0.423 e. The molecule has 0 aliphatic rings. The van der Waals surface area contributed by atoms with E-state index in [2.05, 4.69) is 13.0 Å². The highest BCUT2D eigenvalue weighted by Crippen LogP contribution is 2.23. The fraction of sp³-hybridized carbons (Fsp3) is 0.231. The van der Waals surface area contributed by atoms with Gasteiger partial charge in [-0.25, -0.2) is 4.79 Å². The van der Waals surface area contributed by atoms with Gasteiger partial charge in [-0.2, -0.15) is 5.26 Å². The smallest absolute Gasteiger partial charge is 0.343 e. The molecule has 146 valence electrons. The minimum Gasteiger partial charge on any atom is -0.423 e. The molecule has 0 saturated carbocycles. The molecule has 0 aliphatic heterocycles. The number of carbonyl (C=O) groups is 1. The SMILES string of the molecule is CCCCCCc1ccc(C(=O)Oc2ccc(-c3ccc(C#N)cc3)cc2)cc1. The van der Waals surface area contributed by atoms with Gasteiger partial charge in [0.2, 0.25) is 0 Å². The molecule has 0 saturated heterocycles. The van der Waals surface area contributed by atoms with Crippen LogP contribution < -0.4 is 4.74 Å². The first-order chi connectivity index (χ1) is 14.2. The van der Waals surface area contributed by atoms with Gasteiger partial charge in [-0.3, -0.25) is 0 Å². The summed E-state index contributed by atoms with van der Waals surface area (Å²) in [7, 11) is 0. The molecule has 0 radical (unpaired) electrons. The second-order valence-corrected chi connectivity index (χ2v) is 7.11. The molecule has 0 atom stereocenters. The lowest BCUT2D eigenvalue weighted by Gasteiger charge is -2.07. The summed E-state index contributed by atoms with van der Waals surface area (Å²) in [6, 6.07) is 24.6. The summed E-state index contributed by atoms with van der Waals surface area (Å²) in [5.74, 6) is 0.157. The standard InChI is InChI=1S/C26H25NO2/c1-2-3-4-5-6-20-7-13-24(14-8-20)26(28)29-25-17-15-23(16-18-25)22-11-9-21(19-27)10-12-22/h7-18H,2-6H2,1H3. The number of nitriles is 1. The molecule has 0 unspecified atom stereocenters. The summed E-state index contributed by atoms with van der Waals surface area (Å²) in [4.78, 5) is 12.4. The molecule has 0 N–H and O–H groups in total. The maximum atomic E-state index is 12.4. The van der Waals surface area contributed by atoms with Crippen LogP contribution in [-0.4, -0.2) is 5.97 Å². The molecule has 0 aliphatic carbocycles. The fourth-order valence-corrected chi connectivity index (χ4v) is 3.18. The third-order valence-corrected chi connectivity index (χ3v) is 4.92. The van der Waals surface area contributed by atoms with Crippen LogP contribution >= 0.6 is 0 Å². The number of hydrogen-bond donors (Lipinski definition) is 0. The number of carbonyl (C=O) groups excluding carboxylic acids is 1. The van der Waals surface area contributed by atoms with Gasteiger partial charge in [0.25, 0.3) is 0 Å². The number of aryl methyl sites for hydroxylation is 1. The van der Waals surface area contributed by atoms with Crippen LogP contribution in [0.4, 0.5) is 0 Å². The van der Waals surface area contributed by atoms with Gasteiger partial charge >= 0.3 is 5.97 Å². The van der Waals surface area contributed by atoms with E-state index < -0.39 is 0 Å². The summed E-state index contributed by atoms with van der Waals surface area (Å²) in [5, 5.41) is 8.89. The Morgan fingerprint density at radius 3 is 2.03 bits per heavy atom. The molecule has 0 bridgehead atoms. The summed E-state index contributed by atoms with van der Waals surface area (Å²) < 4.78 is 5.50. The van der Waals surface area contributed by atoms with E-state index in [1.807, 2.05) is 48.5 Å². The maximum Gasteiger partial charge on any atom is 0.343 e. The van der Waals surface area contributed by atoms with Crippen molar-refractivity contribution < 1.29 is 9.53 Å². The quantitative estimate of drug-likeness (QED) is 0.251. The predicted octanol–water partition coefficient (Wildman–Crippen LogP) is 6.57. The predicted molar refractivity (Wildman–Crippen MR) is 116 cm³/mol. The van der Waals surface area contributed by atoms with Gasteiger partial charge in [0.05, 0.1) is 17.2 Å². The van der Waals surface area contributed by atoms with Gasteiger partial charge < -0.3 is 4.74 Å². The van der Waals surface area contributed by atoms with Gasteiger partial charge in [0, 0.05) is 0 Å².